The molecule has 19 heavy (non-hydrogen) atoms. The van der Waals surface area contributed by atoms with Crippen molar-refractivity contribution < 1.29 is 13.6 Å². The third kappa shape index (κ3) is 5.76. The maximum atomic E-state index is 13.3. The molecule has 1 amide bonds. The summed E-state index contributed by atoms with van der Waals surface area (Å²) in [5.41, 5.74) is -0.388. The van der Waals surface area contributed by atoms with Gasteiger partial charge in [0.25, 0.3) is 0 Å². The molecule has 0 aliphatic carbocycles. The summed E-state index contributed by atoms with van der Waals surface area (Å²) < 4.78 is 26.5. The summed E-state index contributed by atoms with van der Waals surface area (Å²) in [4.78, 5) is 13.5. The van der Waals surface area contributed by atoms with Gasteiger partial charge in [-0.2, -0.15) is 0 Å². The zero-order chi connectivity index (χ0) is 14.3. The van der Waals surface area contributed by atoms with Gasteiger partial charge in [0, 0.05) is 26.1 Å². The number of rotatable bonds is 7. The zero-order valence-corrected chi connectivity index (χ0v) is 11.2. The Labute approximate surface area is 111 Å². The minimum absolute atomic E-state index is 0.168. The van der Waals surface area contributed by atoms with Crippen LogP contribution in [0.25, 0.3) is 0 Å². The van der Waals surface area contributed by atoms with Crippen LogP contribution in [0.5, 0.6) is 0 Å². The van der Waals surface area contributed by atoms with Crippen molar-refractivity contribution in [2.24, 2.45) is 0 Å². The number of nitrogens with zero attached hydrogens (tertiary/aromatic N) is 1. The van der Waals surface area contributed by atoms with Gasteiger partial charge in [0.1, 0.15) is 17.3 Å². The van der Waals surface area contributed by atoms with Crippen molar-refractivity contribution in [3.05, 3.63) is 29.8 Å². The van der Waals surface area contributed by atoms with E-state index in [2.05, 4.69) is 10.6 Å². The van der Waals surface area contributed by atoms with Gasteiger partial charge in [0.05, 0.1) is 0 Å². The van der Waals surface area contributed by atoms with Gasteiger partial charge in [0.15, 0.2) is 0 Å². The number of nitrogens with one attached hydrogen (secondary N) is 2. The summed E-state index contributed by atoms with van der Waals surface area (Å²) in [5.74, 6) is -1.95. The molecule has 1 aromatic rings. The highest BCUT2D eigenvalue weighted by Gasteiger charge is 2.11. The van der Waals surface area contributed by atoms with E-state index >= 15 is 0 Å². The van der Waals surface area contributed by atoms with Crippen LogP contribution >= 0.6 is 0 Å². The molecule has 0 unspecified atom stereocenters. The van der Waals surface area contributed by atoms with Gasteiger partial charge in [-0.3, -0.25) is 4.79 Å². The Hall–Kier alpha value is -1.53. The fraction of sp³-hybridized carbons (Fsp3) is 0.462. The van der Waals surface area contributed by atoms with Crippen LogP contribution in [0.4, 0.5) is 14.5 Å². The molecular formula is C13H19F2N3O. The van der Waals surface area contributed by atoms with E-state index in [0.29, 0.717) is 6.54 Å². The van der Waals surface area contributed by atoms with Gasteiger partial charge < -0.3 is 15.5 Å². The maximum Gasteiger partial charge on any atom is 0.225 e. The first kappa shape index (κ1) is 15.5. The highest BCUT2D eigenvalue weighted by Crippen LogP contribution is 2.17. The summed E-state index contributed by atoms with van der Waals surface area (Å²) in [6.07, 6.45) is 0.168. The molecule has 0 bridgehead atoms. The summed E-state index contributed by atoms with van der Waals surface area (Å²) >= 11 is 0. The molecule has 0 saturated heterocycles. The molecule has 4 nitrogen and oxygen atoms in total. The van der Waals surface area contributed by atoms with E-state index in [1.54, 1.807) is 0 Å². The number of anilines is 1. The summed E-state index contributed by atoms with van der Waals surface area (Å²) in [5, 5.41) is 5.31. The number of amides is 1. The smallest absolute Gasteiger partial charge is 0.225 e. The molecule has 106 valence electrons. The van der Waals surface area contributed by atoms with Crippen LogP contribution < -0.4 is 10.6 Å². The zero-order valence-electron chi connectivity index (χ0n) is 11.2. The van der Waals surface area contributed by atoms with Crippen LogP contribution in [-0.4, -0.2) is 44.5 Å². The van der Waals surface area contributed by atoms with E-state index in [4.69, 9.17) is 0 Å². The highest BCUT2D eigenvalue weighted by atomic mass is 19.1. The molecule has 0 saturated carbocycles. The topological polar surface area (TPSA) is 44.4 Å². The molecule has 0 aliphatic heterocycles. The average molecular weight is 271 g/mol. The van der Waals surface area contributed by atoms with Gasteiger partial charge in [-0.1, -0.05) is 6.07 Å². The van der Waals surface area contributed by atoms with Gasteiger partial charge in [-0.05, 0) is 26.2 Å². The predicted molar refractivity (Wildman–Crippen MR) is 71.0 cm³/mol. The Morgan fingerprint density at radius 3 is 2.42 bits per heavy atom. The van der Waals surface area contributed by atoms with Crippen molar-refractivity contribution in [1.29, 1.82) is 0 Å². The first-order valence-corrected chi connectivity index (χ1v) is 6.10. The van der Waals surface area contributed by atoms with Crippen LogP contribution in [0.2, 0.25) is 0 Å². The van der Waals surface area contributed by atoms with E-state index in [9.17, 15) is 13.6 Å². The number of benzene rings is 1. The van der Waals surface area contributed by atoms with Gasteiger partial charge in [-0.15, -0.1) is 0 Å². The molecule has 0 fully saturated rings. The Kier molecular flexibility index (Phi) is 6.38. The second-order valence-electron chi connectivity index (χ2n) is 4.45. The van der Waals surface area contributed by atoms with Gasteiger partial charge in [0.2, 0.25) is 5.91 Å². The van der Waals surface area contributed by atoms with Crippen LogP contribution in [0.3, 0.4) is 0 Å². The highest BCUT2D eigenvalue weighted by molar-refractivity contribution is 5.91. The summed E-state index contributed by atoms with van der Waals surface area (Å²) in [6.45, 7) is 2.09. The van der Waals surface area contributed by atoms with Crippen molar-refractivity contribution in [3.8, 4) is 0 Å². The number of para-hydroxylation sites is 1. The lowest BCUT2D eigenvalue weighted by atomic mass is 10.2. The average Bonchev–Trinajstić information content (AvgIpc) is 2.33. The Balaban J connectivity index is 2.32. The molecular weight excluding hydrogens is 252 g/mol. The van der Waals surface area contributed by atoms with Crippen LogP contribution in [-0.2, 0) is 4.79 Å². The van der Waals surface area contributed by atoms with Crippen LogP contribution in [0.15, 0.2) is 18.2 Å². The molecule has 0 radical (unpaired) electrons. The van der Waals surface area contributed by atoms with Crippen molar-refractivity contribution >= 4 is 11.6 Å². The monoisotopic (exact) mass is 271 g/mol. The summed E-state index contributed by atoms with van der Waals surface area (Å²) in [7, 11) is 3.91. The third-order valence-corrected chi connectivity index (χ3v) is 2.49. The minimum Gasteiger partial charge on any atom is -0.321 e. The number of carbonyl (C=O) groups is 1. The number of hydrogen-bond donors (Lipinski definition) is 2. The normalized spacial score (nSPS) is 10.8. The standard InChI is InChI=1S/C13H19F2N3O/c1-18(2)9-8-16-7-6-12(19)17-13-10(14)4-3-5-11(13)15/h3-5,16H,6-9H2,1-2H3,(H,17,19). The molecule has 2 N–H and O–H groups in total. The van der Waals surface area contributed by atoms with Gasteiger partial charge >= 0.3 is 0 Å². The first-order valence-electron chi connectivity index (χ1n) is 6.10. The van der Waals surface area contributed by atoms with Crippen molar-refractivity contribution in [2.45, 2.75) is 6.42 Å². The summed E-state index contributed by atoms with van der Waals surface area (Å²) in [6, 6.07) is 3.46. The molecule has 6 heteroatoms. The molecule has 1 aromatic carbocycles. The number of carbonyl (C=O) groups excluding carboxylic acids is 1. The van der Waals surface area contributed by atoms with Crippen molar-refractivity contribution in [3.63, 3.8) is 0 Å². The minimum atomic E-state index is -0.770. The molecule has 0 heterocycles. The molecule has 0 spiro atoms. The third-order valence-electron chi connectivity index (χ3n) is 2.49. The number of hydrogen-bond acceptors (Lipinski definition) is 3. The van der Waals surface area contributed by atoms with Crippen molar-refractivity contribution in [2.75, 3.05) is 39.0 Å². The predicted octanol–water partition coefficient (Wildman–Crippen LogP) is 1.44. The second kappa shape index (κ2) is 7.81. The van der Waals surface area contributed by atoms with E-state index in [1.165, 1.54) is 6.07 Å². The van der Waals surface area contributed by atoms with E-state index in [1.807, 2.05) is 19.0 Å². The lowest BCUT2D eigenvalue weighted by Gasteiger charge is -2.10. The molecule has 1 rings (SSSR count). The molecule has 0 aliphatic rings. The second-order valence-corrected chi connectivity index (χ2v) is 4.45. The fourth-order valence-corrected chi connectivity index (χ4v) is 1.45. The van der Waals surface area contributed by atoms with Crippen molar-refractivity contribution in [1.82, 2.24) is 10.2 Å². The lowest BCUT2D eigenvalue weighted by Crippen LogP contribution is -2.29. The molecule has 0 aromatic heterocycles. The first-order chi connectivity index (χ1) is 9.00. The van der Waals surface area contributed by atoms with E-state index in [-0.39, 0.29) is 12.1 Å². The van der Waals surface area contributed by atoms with Crippen LogP contribution in [0.1, 0.15) is 6.42 Å². The van der Waals surface area contributed by atoms with E-state index < -0.39 is 17.5 Å². The van der Waals surface area contributed by atoms with Crippen LogP contribution in [0, 0.1) is 11.6 Å². The number of likely N-dealkylation sites (N-methyl/N-ethyl adjacent to an activating group) is 1. The Morgan fingerprint density at radius 1 is 1.21 bits per heavy atom. The lowest BCUT2D eigenvalue weighted by molar-refractivity contribution is -0.116. The fourth-order valence-electron chi connectivity index (χ4n) is 1.45. The van der Waals surface area contributed by atoms with Gasteiger partial charge in [-0.25, -0.2) is 8.78 Å². The quantitative estimate of drug-likeness (QED) is 0.738. The Bertz CT molecular complexity index is 404. The SMILES string of the molecule is CN(C)CCNCCC(=O)Nc1c(F)cccc1F. The molecule has 0 atom stereocenters. The maximum absolute atomic E-state index is 13.3. The Morgan fingerprint density at radius 2 is 1.84 bits per heavy atom. The van der Waals surface area contributed by atoms with E-state index in [0.717, 1.165) is 25.2 Å². The number of halogens is 2. The largest absolute Gasteiger partial charge is 0.321 e.